The minimum Gasteiger partial charge on any atom is -0.464 e. The first kappa shape index (κ1) is 15.5. The van der Waals surface area contributed by atoms with E-state index in [1.807, 2.05) is 6.92 Å². The highest BCUT2D eigenvalue weighted by Crippen LogP contribution is 2.27. The number of ether oxygens (including phenoxy) is 1. The van der Waals surface area contributed by atoms with Crippen LogP contribution in [0.2, 0.25) is 0 Å². The minimum absolute atomic E-state index is 0.0659. The molecule has 0 N–H and O–H groups in total. The molecule has 0 spiro atoms. The lowest BCUT2D eigenvalue weighted by atomic mass is 10.2. The fourth-order valence-electron chi connectivity index (χ4n) is 2.24. The average Bonchev–Trinajstić information content (AvgIpc) is 2.78. The molecule has 1 heterocycles. The molecular weight excluding hydrogens is 294 g/mol. The van der Waals surface area contributed by atoms with Gasteiger partial charge in [-0.1, -0.05) is 17.7 Å². The van der Waals surface area contributed by atoms with Crippen molar-refractivity contribution in [2.45, 2.75) is 37.6 Å². The Labute approximate surface area is 123 Å². The van der Waals surface area contributed by atoms with Crippen LogP contribution in [0.1, 0.15) is 25.3 Å². The largest absolute Gasteiger partial charge is 0.464 e. The summed E-state index contributed by atoms with van der Waals surface area (Å²) in [6, 6.07) is 5.66. The molecule has 0 aromatic heterocycles. The zero-order valence-corrected chi connectivity index (χ0v) is 12.7. The molecule has 2 rings (SSSR count). The van der Waals surface area contributed by atoms with Gasteiger partial charge in [0, 0.05) is 13.3 Å². The number of amides is 1. The highest BCUT2D eigenvalue weighted by molar-refractivity contribution is 7.89. The molecule has 6 nitrogen and oxygen atoms in total. The maximum Gasteiger partial charge on any atom is 0.302 e. The molecule has 1 saturated heterocycles. The quantitative estimate of drug-likeness (QED) is 0.781. The zero-order valence-electron chi connectivity index (χ0n) is 11.9. The second-order valence-corrected chi connectivity index (χ2v) is 6.82. The third kappa shape index (κ3) is 3.24. The number of carbonyl (C=O) groups excluding carboxylic acids is 2. The summed E-state index contributed by atoms with van der Waals surface area (Å²) < 4.78 is 30.9. The van der Waals surface area contributed by atoms with E-state index in [1.54, 1.807) is 12.1 Å². The highest BCUT2D eigenvalue weighted by atomic mass is 32.2. The van der Waals surface area contributed by atoms with Gasteiger partial charge in [-0.05, 0) is 25.5 Å². The normalized spacial score (nSPS) is 18.9. The lowest BCUT2D eigenvalue weighted by Crippen LogP contribution is -2.41. The molecule has 1 aliphatic heterocycles. The van der Waals surface area contributed by atoms with Crippen LogP contribution < -0.4 is 0 Å². The average molecular weight is 311 g/mol. The molecule has 0 aliphatic carbocycles. The summed E-state index contributed by atoms with van der Waals surface area (Å²) in [6.45, 7) is 2.99. The molecule has 1 amide bonds. The fourth-order valence-corrected chi connectivity index (χ4v) is 3.87. The minimum atomic E-state index is -3.91. The van der Waals surface area contributed by atoms with E-state index in [0.29, 0.717) is 6.42 Å². The highest BCUT2D eigenvalue weighted by Gasteiger charge is 2.40. The topological polar surface area (TPSA) is 80.8 Å². The van der Waals surface area contributed by atoms with Crippen molar-refractivity contribution in [1.29, 1.82) is 0 Å². The number of hydrogen-bond acceptors (Lipinski definition) is 5. The van der Waals surface area contributed by atoms with Crippen molar-refractivity contribution in [1.82, 2.24) is 4.31 Å². The molecule has 1 aromatic carbocycles. The van der Waals surface area contributed by atoms with Gasteiger partial charge < -0.3 is 4.74 Å². The van der Waals surface area contributed by atoms with Crippen molar-refractivity contribution < 1.29 is 22.7 Å². The van der Waals surface area contributed by atoms with Crippen LogP contribution in [0.4, 0.5) is 0 Å². The Bertz CT molecular complexity index is 650. The van der Waals surface area contributed by atoms with Crippen LogP contribution in [0.15, 0.2) is 29.2 Å². The fraction of sp³-hybridized carbons (Fsp3) is 0.429. The number of rotatable bonds is 4. The number of benzene rings is 1. The van der Waals surface area contributed by atoms with Gasteiger partial charge in [-0.2, -0.15) is 0 Å². The van der Waals surface area contributed by atoms with Gasteiger partial charge in [-0.25, -0.2) is 12.7 Å². The Hall–Kier alpha value is -1.89. The van der Waals surface area contributed by atoms with Gasteiger partial charge >= 0.3 is 5.97 Å². The first-order valence-corrected chi connectivity index (χ1v) is 8.03. The Kier molecular flexibility index (Phi) is 4.32. The van der Waals surface area contributed by atoms with Gasteiger partial charge in [0.05, 0.1) is 10.9 Å². The Morgan fingerprint density at radius 3 is 2.52 bits per heavy atom. The van der Waals surface area contributed by atoms with E-state index in [4.69, 9.17) is 4.74 Å². The molecule has 1 atom stereocenters. The van der Waals surface area contributed by atoms with Gasteiger partial charge in [0.1, 0.15) is 6.61 Å². The molecular formula is C14H17NO5S. The van der Waals surface area contributed by atoms with Crippen LogP contribution >= 0.6 is 0 Å². The summed E-state index contributed by atoms with van der Waals surface area (Å²) in [4.78, 5) is 22.9. The van der Waals surface area contributed by atoms with Gasteiger partial charge in [-0.3, -0.25) is 9.59 Å². The lowest BCUT2D eigenvalue weighted by molar-refractivity contribution is -0.142. The SMILES string of the molecule is CC(=O)OCC1CCC(=O)N1S(=O)(=O)c1ccc(C)cc1. The standard InChI is InChI=1S/C14H17NO5S/c1-10-3-6-13(7-4-10)21(18,19)15-12(5-8-14(15)17)9-20-11(2)16/h3-4,6-7,12H,5,8-9H2,1-2H3. The van der Waals surface area contributed by atoms with E-state index in [0.717, 1.165) is 9.87 Å². The van der Waals surface area contributed by atoms with Gasteiger partial charge in [-0.15, -0.1) is 0 Å². The van der Waals surface area contributed by atoms with Crippen molar-refractivity contribution in [3.8, 4) is 0 Å². The number of esters is 1. The van der Waals surface area contributed by atoms with Crippen LogP contribution in [0.25, 0.3) is 0 Å². The number of sulfonamides is 1. The molecule has 0 bridgehead atoms. The zero-order chi connectivity index (χ0) is 15.6. The van der Waals surface area contributed by atoms with Crippen molar-refractivity contribution in [3.63, 3.8) is 0 Å². The van der Waals surface area contributed by atoms with Crippen molar-refractivity contribution in [2.24, 2.45) is 0 Å². The first-order valence-electron chi connectivity index (χ1n) is 6.59. The van der Waals surface area contributed by atoms with Crippen LogP contribution in [0, 0.1) is 6.92 Å². The second-order valence-electron chi connectivity index (χ2n) is 5.00. The van der Waals surface area contributed by atoms with E-state index in [9.17, 15) is 18.0 Å². The maximum absolute atomic E-state index is 12.6. The lowest BCUT2D eigenvalue weighted by Gasteiger charge is -2.24. The van der Waals surface area contributed by atoms with Crippen LogP contribution in [-0.2, 0) is 24.3 Å². The van der Waals surface area contributed by atoms with Gasteiger partial charge in [0.15, 0.2) is 0 Å². The van der Waals surface area contributed by atoms with Crippen molar-refractivity contribution >= 4 is 21.9 Å². The van der Waals surface area contributed by atoms with E-state index in [1.165, 1.54) is 19.1 Å². The summed E-state index contributed by atoms with van der Waals surface area (Å²) in [5.41, 5.74) is 0.929. The van der Waals surface area contributed by atoms with Crippen LogP contribution in [-0.4, -0.2) is 37.2 Å². The number of carbonyl (C=O) groups is 2. The van der Waals surface area contributed by atoms with Crippen LogP contribution in [0.5, 0.6) is 0 Å². The monoisotopic (exact) mass is 311 g/mol. The number of nitrogens with zero attached hydrogens (tertiary/aromatic N) is 1. The Morgan fingerprint density at radius 1 is 1.33 bits per heavy atom. The van der Waals surface area contributed by atoms with E-state index < -0.39 is 27.9 Å². The summed E-state index contributed by atoms with van der Waals surface area (Å²) in [6.07, 6.45) is 0.494. The van der Waals surface area contributed by atoms with E-state index >= 15 is 0 Å². The second kappa shape index (κ2) is 5.85. The summed E-state index contributed by atoms with van der Waals surface area (Å²) >= 11 is 0. The summed E-state index contributed by atoms with van der Waals surface area (Å²) in [7, 11) is -3.91. The predicted molar refractivity (Wildman–Crippen MR) is 74.9 cm³/mol. The third-order valence-electron chi connectivity index (χ3n) is 3.33. The van der Waals surface area contributed by atoms with Crippen LogP contribution in [0.3, 0.4) is 0 Å². The van der Waals surface area contributed by atoms with E-state index in [-0.39, 0.29) is 17.9 Å². The smallest absolute Gasteiger partial charge is 0.302 e. The summed E-state index contributed by atoms with van der Waals surface area (Å²) in [5, 5.41) is 0. The molecule has 7 heteroatoms. The Morgan fingerprint density at radius 2 is 1.95 bits per heavy atom. The molecule has 1 aliphatic rings. The molecule has 1 aromatic rings. The first-order chi connectivity index (χ1) is 9.82. The molecule has 0 radical (unpaired) electrons. The van der Waals surface area contributed by atoms with Crippen molar-refractivity contribution in [2.75, 3.05) is 6.61 Å². The van der Waals surface area contributed by atoms with Gasteiger partial charge in [0.2, 0.25) is 5.91 Å². The molecule has 114 valence electrons. The third-order valence-corrected chi connectivity index (χ3v) is 5.21. The van der Waals surface area contributed by atoms with Gasteiger partial charge in [0.25, 0.3) is 10.0 Å². The molecule has 0 saturated carbocycles. The van der Waals surface area contributed by atoms with Crippen molar-refractivity contribution in [3.05, 3.63) is 29.8 Å². The molecule has 21 heavy (non-hydrogen) atoms. The Balaban J connectivity index is 2.29. The number of aryl methyl sites for hydroxylation is 1. The maximum atomic E-state index is 12.6. The molecule has 1 fully saturated rings. The summed E-state index contributed by atoms with van der Waals surface area (Å²) in [5.74, 6) is -0.963. The van der Waals surface area contributed by atoms with E-state index in [2.05, 4.69) is 0 Å². The molecule has 1 unspecified atom stereocenters. The predicted octanol–water partition coefficient (Wildman–Crippen LogP) is 1.24. The number of hydrogen-bond donors (Lipinski definition) is 0.